The lowest BCUT2D eigenvalue weighted by atomic mass is 10.0. The first-order chi connectivity index (χ1) is 20.3. The minimum Gasteiger partial charge on any atom is -0.391 e. The Labute approximate surface area is 261 Å². The van der Waals surface area contributed by atoms with Crippen molar-refractivity contribution in [1.29, 1.82) is 0 Å². The topological polar surface area (TPSA) is 104 Å². The second-order valence-electron chi connectivity index (χ2n) is 12.9. The van der Waals surface area contributed by atoms with E-state index in [0.717, 1.165) is 38.5 Å². The first kappa shape index (κ1) is 41.3. The molecule has 0 spiro atoms. The van der Waals surface area contributed by atoms with Crippen LogP contribution in [0.1, 0.15) is 200 Å². The Balaban J connectivity index is 3.81. The summed E-state index contributed by atoms with van der Waals surface area (Å²) in [6, 6.07) is -0.961. The van der Waals surface area contributed by atoms with Gasteiger partial charge in [0.2, 0.25) is 5.91 Å². The molecule has 7 heteroatoms. The highest BCUT2D eigenvalue weighted by molar-refractivity contribution is 7.85. The number of aliphatic hydroxyl groups excluding tert-OH is 1. The summed E-state index contributed by atoms with van der Waals surface area (Å²) >= 11 is 0. The molecule has 0 saturated heterocycles. The van der Waals surface area contributed by atoms with Gasteiger partial charge in [-0.05, 0) is 12.8 Å². The van der Waals surface area contributed by atoms with Gasteiger partial charge in [0.15, 0.2) is 0 Å². The van der Waals surface area contributed by atoms with Crippen LogP contribution in [-0.2, 0) is 14.9 Å². The number of carbonyl (C=O) groups is 1. The third-order valence-corrected chi connectivity index (χ3v) is 9.34. The first-order valence-electron chi connectivity index (χ1n) is 18.2. The molecule has 0 aromatic rings. The minimum atomic E-state index is -4.29. The highest BCUT2D eigenvalue weighted by atomic mass is 32.2. The lowest BCUT2D eigenvalue weighted by molar-refractivity contribution is -0.122. The van der Waals surface area contributed by atoms with Crippen molar-refractivity contribution in [3.05, 3.63) is 0 Å². The van der Waals surface area contributed by atoms with Crippen molar-refractivity contribution in [2.75, 3.05) is 5.75 Å². The van der Waals surface area contributed by atoms with Crippen LogP contribution in [0, 0.1) is 0 Å². The number of nitrogens with one attached hydrogen (secondary N) is 1. The standard InChI is InChI=1S/C35H71NO5S/c1-3-5-7-9-11-13-14-15-16-17-18-19-20-21-23-25-27-29-31-35(38)36-33(32-42(39,40)41)34(37)30-28-26-24-22-12-10-8-6-4-2/h33-34,37H,3-32H2,1-2H3,(H,36,38)(H,39,40,41). The molecular weight excluding hydrogens is 546 g/mol. The van der Waals surface area contributed by atoms with E-state index in [1.807, 2.05) is 0 Å². The normalized spacial score (nSPS) is 13.3. The molecule has 252 valence electrons. The van der Waals surface area contributed by atoms with Crippen LogP contribution in [-0.4, -0.2) is 41.9 Å². The SMILES string of the molecule is CCCCCCCCCCCCCCCCCCCCC(=O)NC(CS(=O)(=O)O)C(O)CCCCCCCCCCC. The van der Waals surface area contributed by atoms with Crippen molar-refractivity contribution in [2.45, 2.75) is 212 Å². The first-order valence-corrected chi connectivity index (χ1v) is 19.8. The van der Waals surface area contributed by atoms with Crippen molar-refractivity contribution in [1.82, 2.24) is 5.32 Å². The second kappa shape index (κ2) is 30.4. The Morgan fingerprint density at radius 2 is 0.857 bits per heavy atom. The molecule has 0 fully saturated rings. The fraction of sp³-hybridized carbons (Fsp3) is 0.971. The van der Waals surface area contributed by atoms with Gasteiger partial charge in [-0.1, -0.05) is 181 Å². The van der Waals surface area contributed by atoms with Crippen LogP contribution in [0.15, 0.2) is 0 Å². The molecule has 0 aliphatic heterocycles. The summed E-state index contributed by atoms with van der Waals surface area (Å²) in [5.74, 6) is -0.887. The molecule has 0 rings (SSSR count). The van der Waals surface area contributed by atoms with Crippen molar-refractivity contribution < 1.29 is 22.9 Å². The van der Waals surface area contributed by atoms with E-state index in [0.29, 0.717) is 12.8 Å². The van der Waals surface area contributed by atoms with Crippen molar-refractivity contribution in [2.24, 2.45) is 0 Å². The van der Waals surface area contributed by atoms with Gasteiger partial charge in [-0.15, -0.1) is 0 Å². The third-order valence-electron chi connectivity index (χ3n) is 8.56. The van der Waals surface area contributed by atoms with Gasteiger partial charge in [0.25, 0.3) is 10.1 Å². The van der Waals surface area contributed by atoms with Crippen LogP contribution in [0.4, 0.5) is 0 Å². The number of unbranched alkanes of at least 4 members (excludes halogenated alkanes) is 25. The van der Waals surface area contributed by atoms with Gasteiger partial charge >= 0.3 is 0 Å². The number of aliphatic hydroxyl groups is 1. The zero-order chi connectivity index (χ0) is 31.2. The molecular formula is C35H71NO5S. The summed E-state index contributed by atoms with van der Waals surface area (Å²) in [5, 5.41) is 13.2. The zero-order valence-electron chi connectivity index (χ0n) is 27.9. The van der Waals surface area contributed by atoms with Crippen molar-refractivity contribution in [3.8, 4) is 0 Å². The molecule has 0 radical (unpaired) electrons. The molecule has 0 saturated carbocycles. The van der Waals surface area contributed by atoms with Crippen molar-refractivity contribution >= 4 is 16.0 Å². The lowest BCUT2D eigenvalue weighted by Gasteiger charge is -2.23. The molecule has 0 bridgehead atoms. The van der Waals surface area contributed by atoms with E-state index in [4.69, 9.17) is 0 Å². The predicted molar refractivity (Wildman–Crippen MR) is 180 cm³/mol. The molecule has 42 heavy (non-hydrogen) atoms. The van der Waals surface area contributed by atoms with Gasteiger partial charge in [0, 0.05) is 6.42 Å². The van der Waals surface area contributed by atoms with E-state index in [1.54, 1.807) is 0 Å². The van der Waals surface area contributed by atoms with Gasteiger partial charge in [0.05, 0.1) is 17.9 Å². The van der Waals surface area contributed by atoms with Gasteiger partial charge in [-0.3, -0.25) is 9.35 Å². The van der Waals surface area contributed by atoms with E-state index in [2.05, 4.69) is 19.2 Å². The minimum absolute atomic E-state index is 0.244. The molecule has 0 heterocycles. The molecule has 0 aliphatic carbocycles. The number of rotatable bonds is 33. The maximum absolute atomic E-state index is 12.4. The molecule has 3 N–H and O–H groups in total. The number of amides is 1. The Bertz CT molecular complexity index is 685. The van der Waals surface area contributed by atoms with E-state index in [9.17, 15) is 22.9 Å². The number of hydrogen-bond donors (Lipinski definition) is 3. The zero-order valence-corrected chi connectivity index (χ0v) is 28.7. The average Bonchev–Trinajstić information content (AvgIpc) is 2.94. The summed E-state index contributed by atoms with van der Waals surface area (Å²) < 4.78 is 32.3. The third kappa shape index (κ3) is 30.8. The highest BCUT2D eigenvalue weighted by Gasteiger charge is 2.26. The van der Waals surface area contributed by atoms with E-state index >= 15 is 0 Å². The predicted octanol–water partition coefficient (Wildman–Crippen LogP) is 10.1. The molecule has 0 aliphatic rings. The molecule has 2 atom stereocenters. The van der Waals surface area contributed by atoms with Crippen LogP contribution in [0.3, 0.4) is 0 Å². The van der Waals surface area contributed by atoms with Crippen LogP contribution in [0.5, 0.6) is 0 Å². The largest absolute Gasteiger partial charge is 0.391 e. The summed E-state index contributed by atoms with van der Waals surface area (Å²) in [6.07, 6.45) is 33.4. The van der Waals surface area contributed by atoms with E-state index in [1.165, 1.54) is 135 Å². The average molecular weight is 618 g/mol. The van der Waals surface area contributed by atoms with Crippen LogP contribution in [0.2, 0.25) is 0 Å². The molecule has 1 amide bonds. The molecule has 6 nitrogen and oxygen atoms in total. The Morgan fingerprint density at radius 3 is 1.19 bits per heavy atom. The fourth-order valence-corrected chi connectivity index (χ4v) is 6.57. The van der Waals surface area contributed by atoms with Crippen LogP contribution in [0.25, 0.3) is 0 Å². The smallest absolute Gasteiger partial charge is 0.266 e. The number of hydrogen-bond acceptors (Lipinski definition) is 4. The van der Waals surface area contributed by atoms with Crippen LogP contribution < -0.4 is 5.32 Å². The van der Waals surface area contributed by atoms with E-state index in [-0.39, 0.29) is 5.91 Å². The van der Waals surface area contributed by atoms with Crippen LogP contribution >= 0.6 is 0 Å². The quantitative estimate of drug-likeness (QED) is 0.0502. The Kier molecular flexibility index (Phi) is 29.9. The fourth-order valence-electron chi connectivity index (χ4n) is 5.81. The second-order valence-corrected chi connectivity index (χ2v) is 14.4. The maximum atomic E-state index is 12.4. The summed E-state index contributed by atoms with van der Waals surface area (Å²) in [7, 11) is -4.29. The van der Waals surface area contributed by atoms with Gasteiger partial charge < -0.3 is 10.4 Å². The monoisotopic (exact) mass is 618 g/mol. The lowest BCUT2D eigenvalue weighted by Crippen LogP contribution is -2.47. The molecule has 0 aromatic carbocycles. The maximum Gasteiger partial charge on any atom is 0.266 e. The summed E-state index contributed by atoms with van der Waals surface area (Å²) in [4.78, 5) is 12.4. The summed E-state index contributed by atoms with van der Waals surface area (Å²) in [5.41, 5.74) is 0. The summed E-state index contributed by atoms with van der Waals surface area (Å²) in [6.45, 7) is 4.49. The van der Waals surface area contributed by atoms with Gasteiger partial charge in [0.1, 0.15) is 0 Å². The van der Waals surface area contributed by atoms with Gasteiger partial charge in [-0.2, -0.15) is 8.42 Å². The van der Waals surface area contributed by atoms with E-state index < -0.39 is 28.0 Å². The molecule has 0 aromatic heterocycles. The Morgan fingerprint density at radius 1 is 0.548 bits per heavy atom. The van der Waals surface area contributed by atoms with Gasteiger partial charge in [-0.25, -0.2) is 0 Å². The number of carbonyl (C=O) groups excluding carboxylic acids is 1. The van der Waals surface area contributed by atoms with Crippen molar-refractivity contribution in [3.63, 3.8) is 0 Å². The Hall–Kier alpha value is -0.660. The highest BCUT2D eigenvalue weighted by Crippen LogP contribution is 2.16. The molecule has 2 unspecified atom stereocenters.